The van der Waals surface area contributed by atoms with Crippen molar-refractivity contribution in [1.29, 1.82) is 0 Å². The third-order valence-corrected chi connectivity index (χ3v) is 5.46. The molecule has 2 N–H and O–H groups in total. The number of hydrogen-bond donors (Lipinski definition) is 2. The number of methoxy groups -OCH3 is 1. The van der Waals surface area contributed by atoms with Gasteiger partial charge in [-0.2, -0.15) is 0 Å². The summed E-state index contributed by atoms with van der Waals surface area (Å²) in [4.78, 5) is 0. The van der Waals surface area contributed by atoms with Crippen molar-refractivity contribution < 1.29 is 22.6 Å². The Labute approximate surface area is 155 Å². The van der Waals surface area contributed by atoms with E-state index < -0.39 is 6.36 Å². The van der Waals surface area contributed by atoms with Gasteiger partial charge in [-0.3, -0.25) is 0 Å². The van der Waals surface area contributed by atoms with E-state index in [-0.39, 0.29) is 17.3 Å². The fraction of sp³-hybridized carbons (Fsp3) is 0.400. The maximum absolute atomic E-state index is 12.5. The Hall–Kier alpha value is -2.25. The monoisotopic (exact) mass is 378 g/mol. The number of alkyl halides is 3. The standard InChI is InChI=1S/C20H21F3N2O2/c1-26-17-8-7-16(27-20(21,22)23)9-14(17)11-25-19-10-15(19)12-24-18(19)13-5-3-2-4-6-13/h2-9,15,18,24-25H,10-12H2,1H3/t15?,18-,19+/m1/s1. The number of benzene rings is 2. The van der Waals surface area contributed by atoms with Crippen LogP contribution >= 0.6 is 0 Å². The quantitative estimate of drug-likeness (QED) is 0.803. The van der Waals surface area contributed by atoms with Crippen LogP contribution in [0.4, 0.5) is 13.2 Å². The predicted molar refractivity (Wildman–Crippen MR) is 94.5 cm³/mol. The molecule has 2 aromatic carbocycles. The second kappa shape index (κ2) is 6.73. The minimum absolute atomic E-state index is 0.0761. The summed E-state index contributed by atoms with van der Waals surface area (Å²) in [6, 6.07) is 14.5. The van der Waals surface area contributed by atoms with Crippen LogP contribution in [0.15, 0.2) is 48.5 Å². The summed E-state index contributed by atoms with van der Waals surface area (Å²) in [7, 11) is 1.51. The molecular weight excluding hydrogens is 357 g/mol. The average molecular weight is 378 g/mol. The molecule has 144 valence electrons. The maximum Gasteiger partial charge on any atom is 0.573 e. The van der Waals surface area contributed by atoms with Gasteiger partial charge in [0, 0.05) is 24.2 Å². The molecule has 2 aliphatic rings. The van der Waals surface area contributed by atoms with Gasteiger partial charge in [0.05, 0.1) is 13.2 Å². The molecule has 0 spiro atoms. The lowest BCUT2D eigenvalue weighted by Crippen LogP contribution is -2.39. The van der Waals surface area contributed by atoms with Crippen LogP contribution in [0.25, 0.3) is 0 Å². The molecule has 4 rings (SSSR count). The molecule has 1 saturated heterocycles. The van der Waals surface area contributed by atoms with Gasteiger partial charge in [0.25, 0.3) is 0 Å². The number of ether oxygens (including phenoxy) is 2. The number of hydrogen-bond acceptors (Lipinski definition) is 4. The van der Waals surface area contributed by atoms with Gasteiger partial charge >= 0.3 is 6.36 Å². The summed E-state index contributed by atoms with van der Waals surface area (Å²) < 4.78 is 46.9. The lowest BCUT2D eigenvalue weighted by Gasteiger charge is -2.26. The molecule has 1 aliphatic carbocycles. The lowest BCUT2D eigenvalue weighted by molar-refractivity contribution is -0.274. The topological polar surface area (TPSA) is 42.5 Å². The Morgan fingerprint density at radius 3 is 2.63 bits per heavy atom. The minimum atomic E-state index is -4.71. The van der Waals surface area contributed by atoms with Crippen LogP contribution in [0.1, 0.15) is 23.6 Å². The Kier molecular flexibility index (Phi) is 4.52. The first kappa shape index (κ1) is 18.1. The van der Waals surface area contributed by atoms with Crippen LogP contribution < -0.4 is 20.1 Å². The molecule has 1 saturated carbocycles. The maximum atomic E-state index is 12.5. The van der Waals surface area contributed by atoms with Crippen molar-refractivity contribution in [1.82, 2.24) is 10.6 Å². The van der Waals surface area contributed by atoms with Gasteiger partial charge in [-0.15, -0.1) is 13.2 Å². The van der Waals surface area contributed by atoms with Crippen LogP contribution in [-0.4, -0.2) is 25.6 Å². The summed E-state index contributed by atoms with van der Waals surface area (Å²) in [6.07, 6.45) is -3.67. The second-order valence-corrected chi connectivity index (χ2v) is 7.07. The lowest BCUT2D eigenvalue weighted by atomic mass is 9.97. The SMILES string of the molecule is COc1ccc(OC(F)(F)F)cc1CN[C@@]12CC1CN[C@@H]2c1ccccc1. The predicted octanol–water partition coefficient (Wildman–Crippen LogP) is 3.79. The molecule has 1 unspecified atom stereocenters. The molecule has 2 fully saturated rings. The molecule has 0 amide bonds. The molecule has 0 aromatic heterocycles. The van der Waals surface area contributed by atoms with Gasteiger partial charge in [0.1, 0.15) is 11.5 Å². The number of halogens is 3. The third kappa shape index (κ3) is 3.61. The smallest absolute Gasteiger partial charge is 0.496 e. The fourth-order valence-corrected chi connectivity index (χ4v) is 4.13. The average Bonchev–Trinajstić information content (AvgIpc) is 3.23. The van der Waals surface area contributed by atoms with E-state index in [0.29, 0.717) is 23.8 Å². The Bertz CT molecular complexity index is 813. The molecule has 2 aromatic rings. The Balaban J connectivity index is 1.52. The first-order valence-electron chi connectivity index (χ1n) is 8.87. The van der Waals surface area contributed by atoms with Crippen molar-refractivity contribution >= 4 is 0 Å². The van der Waals surface area contributed by atoms with Crippen molar-refractivity contribution in [3.05, 3.63) is 59.7 Å². The van der Waals surface area contributed by atoms with E-state index in [9.17, 15) is 13.2 Å². The van der Waals surface area contributed by atoms with E-state index in [1.807, 2.05) is 18.2 Å². The molecule has 3 atom stereocenters. The van der Waals surface area contributed by atoms with Crippen LogP contribution in [0.5, 0.6) is 11.5 Å². The highest BCUT2D eigenvalue weighted by Gasteiger charge is 2.62. The van der Waals surface area contributed by atoms with Gasteiger partial charge in [0.15, 0.2) is 0 Å². The van der Waals surface area contributed by atoms with Crippen LogP contribution in [0, 0.1) is 5.92 Å². The highest BCUT2D eigenvalue weighted by molar-refractivity contribution is 5.41. The first-order valence-corrected chi connectivity index (χ1v) is 8.87. The van der Waals surface area contributed by atoms with E-state index in [4.69, 9.17) is 4.74 Å². The largest absolute Gasteiger partial charge is 0.573 e. The summed E-state index contributed by atoms with van der Waals surface area (Å²) >= 11 is 0. The van der Waals surface area contributed by atoms with Gasteiger partial charge in [-0.25, -0.2) is 0 Å². The van der Waals surface area contributed by atoms with Gasteiger partial charge in [-0.1, -0.05) is 30.3 Å². The highest BCUT2D eigenvalue weighted by atomic mass is 19.4. The fourth-order valence-electron chi connectivity index (χ4n) is 4.13. The zero-order chi connectivity index (χ0) is 19.1. The zero-order valence-electron chi connectivity index (χ0n) is 14.8. The Morgan fingerprint density at radius 2 is 1.96 bits per heavy atom. The van der Waals surface area contributed by atoms with Gasteiger partial charge in [0.2, 0.25) is 0 Å². The summed E-state index contributed by atoms with van der Waals surface area (Å²) in [5.74, 6) is 0.810. The van der Waals surface area contributed by atoms with Gasteiger partial charge in [-0.05, 0) is 36.1 Å². The summed E-state index contributed by atoms with van der Waals surface area (Å²) in [5, 5.41) is 7.14. The number of nitrogens with one attached hydrogen (secondary N) is 2. The van der Waals surface area contributed by atoms with E-state index in [1.54, 1.807) is 0 Å². The van der Waals surface area contributed by atoms with E-state index in [1.165, 1.54) is 30.9 Å². The van der Waals surface area contributed by atoms with Crippen molar-refractivity contribution in [3.8, 4) is 11.5 Å². The summed E-state index contributed by atoms with van der Waals surface area (Å²) in [5.41, 5.74) is 1.77. The number of piperidine rings is 1. The molecule has 27 heavy (non-hydrogen) atoms. The molecule has 4 nitrogen and oxygen atoms in total. The van der Waals surface area contributed by atoms with E-state index in [2.05, 4.69) is 27.5 Å². The first-order chi connectivity index (χ1) is 12.9. The van der Waals surface area contributed by atoms with Crippen molar-refractivity contribution in [3.63, 3.8) is 0 Å². The minimum Gasteiger partial charge on any atom is -0.496 e. The van der Waals surface area contributed by atoms with Crippen LogP contribution in [-0.2, 0) is 6.54 Å². The number of rotatable bonds is 6. The molecular formula is C20H21F3N2O2. The van der Waals surface area contributed by atoms with E-state index >= 15 is 0 Å². The molecule has 0 radical (unpaired) electrons. The second-order valence-electron chi connectivity index (χ2n) is 7.07. The molecule has 1 aliphatic heterocycles. The van der Waals surface area contributed by atoms with Crippen molar-refractivity contribution in [2.24, 2.45) is 5.92 Å². The van der Waals surface area contributed by atoms with Crippen molar-refractivity contribution in [2.75, 3.05) is 13.7 Å². The zero-order valence-corrected chi connectivity index (χ0v) is 14.8. The van der Waals surface area contributed by atoms with Crippen LogP contribution in [0.3, 0.4) is 0 Å². The summed E-state index contributed by atoms with van der Waals surface area (Å²) in [6.45, 7) is 1.33. The molecule has 0 bridgehead atoms. The number of fused-ring (bicyclic) bond motifs is 1. The normalized spacial score (nSPS) is 26.5. The third-order valence-electron chi connectivity index (χ3n) is 5.46. The Morgan fingerprint density at radius 1 is 1.19 bits per heavy atom. The highest BCUT2D eigenvalue weighted by Crippen LogP contribution is 2.56. The van der Waals surface area contributed by atoms with E-state index in [0.717, 1.165) is 13.0 Å². The van der Waals surface area contributed by atoms with Crippen molar-refractivity contribution in [2.45, 2.75) is 30.9 Å². The molecule has 1 heterocycles. The van der Waals surface area contributed by atoms with Gasteiger partial charge < -0.3 is 20.1 Å². The van der Waals surface area contributed by atoms with Crippen LogP contribution in [0.2, 0.25) is 0 Å². The molecule has 7 heteroatoms.